The van der Waals surface area contributed by atoms with Gasteiger partial charge in [-0.15, -0.1) is 0 Å². The largest absolute Gasteiger partial charge is 0.478 e. The number of rotatable bonds is 4. The Morgan fingerprint density at radius 2 is 2.00 bits per heavy atom. The summed E-state index contributed by atoms with van der Waals surface area (Å²) < 4.78 is 0. The maximum absolute atomic E-state index is 11.2. The Labute approximate surface area is 113 Å². The molecule has 0 aliphatic heterocycles. The fourth-order valence-corrected chi connectivity index (χ4v) is 2.70. The zero-order valence-electron chi connectivity index (χ0n) is 11.2. The van der Waals surface area contributed by atoms with Gasteiger partial charge < -0.3 is 15.5 Å². The highest BCUT2D eigenvalue weighted by molar-refractivity contribution is 5.94. The molecule has 1 aromatic carbocycles. The van der Waals surface area contributed by atoms with Gasteiger partial charge in [-0.2, -0.15) is 0 Å². The van der Waals surface area contributed by atoms with Crippen LogP contribution in [0.1, 0.15) is 43.0 Å². The maximum Gasteiger partial charge on any atom is 0.337 e. The van der Waals surface area contributed by atoms with E-state index in [-0.39, 0.29) is 17.7 Å². The molecular weight excluding hydrogens is 242 g/mol. The average molecular weight is 263 g/mol. The Bertz CT molecular complexity index is 450. The summed E-state index contributed by atoms with van der Waals surface area (Å²) in [5, 5.41) is 22.2. The summed E-state index contributed by atoms with van der Waals surface area (Å²) in [7, 11) is 0. The van der Waals surface area contributed by atoms with Crippen LogP contribution in [-0.4, -0.2) is 28.3 Å². The summed E-state index contributed by atoms with van der Waals surface area (Å²) in [5.74, 6) is -0.267. The van der Waals surface area contributed by atoms with Crippen LogP contribution >= 0.6 is 0 Å². The Hall–Kier alpha value is -1.55. The quantitative estimate of drug-likeness (QED) is 0.781. The van der Waals surface area contributed by atoms with E-state index >= 15 is 0 Å². The minimum atomic E-state index is -0.944. The average Bonchev–Trinajstić information content (AvgIpc) is 2.42. The number of carboxylic acid groups (broad SMARTS) is 1. The van der Waals surface area contributed by atoms with Gasteiger partial charge in [0.15, 0.2) is 0 Å². The molecule has 0 aromatic heterocycles. The molecule has 3 N–H and O–H groups in total. The number of benzene rings is 1. The number of anilines is 1. The topological polar surface area (TPSA) is 69.6 Å². The number of hydrogen-bond acceptors (Lipinski definition) is 3. The summed E-state index contributed by atoms with van der Waals surface area (Å²) in [4.78, 5) is 11.2. The van der Waals surface area contributed by atoms with Crippen LogP contribution < -0.4 is 5.32 Å². The second kappa shape index (κ2) is 5.61. The summed E-state index contributed by atoms with van der Waals surface area (Å²) in [6.45, 7) is 2.25. The van der Waals surface area contributed by atoms with E-state index in [2.05, 4.69) is 12.2 Å². The van der Waals surface area contributed by atoms with Gasteiger partial charge in [-0.25, -0.2) is 4.79 Å². The summed E-state index contributed by atoms with van der Waals surface area (Å²) in [6, 6.07) is 6.87. The van der Waals surface area contributed by atoms with Gasteiger partial charge in [-0.3, -0.25) is 0 Å². The van der Waals surface area contributed by atoms with E-state index in [0.717, 1.165) is 25.7 Å². The van der Waals surface area contributed by atoms with Crippen LogP contribution in [0, 0.1) is 5.92 Å². The maximum atomic E-state index is 11.2. The molecule has 0 unspecified atom stereocenters. The van der Waals surface area contributed by atoms with Crippen LogP contribution in [0.2, 0.25) is 0 Å². The molecule has 0 radical (unpaired) electrons. The van der Waals surface area contributed by atoms with Gasteiger partial charge in [0.1, 0.15) is 0 Å². The molecule has 4 heteroatoms. The van der Waals surface area contributed by atoms with Crippen molar-refractivity contribution in [2.24, 2.45) is 5.92 Å². The number of nitrogens with one attached hydrogen (secondary N) is 1. The summed E-state index contributed by atoms with van der Waals surface area (Å²) in [6.07, 6.45) is 3.86. The van der Waals surface area contributed by atoms with Crippen molar-refractivity contribution >= 4 is 11.7 Å². The molecule has 1 aliphatic carbocycles. The van der Waals surface area contributed by atoms with Crippen molar-refractivity contribution in [2.75, 3.05) is 11.9 Å². The smallest absolute Gasteiger partial charge is 0.337 e. The molecule has 1 aliphatic rings. The van der Waals surface area contributed by atoms with Gasteiger partial charge in [-0.1, -0.05) is 19.1 Å². The van der Waals surface area contributed by atoms with E-state index in [1.54, 1.807) is 18.2 Å². The zero-order valence-corrected chi connectivity index (χ0v) is 11.2. The van der Waals surface area contributed by atoms with Crippen molar-refractivity contribution in [2.45, 2.75) is 38.1 Å². The molecule has 0 saturated heterocycles. The van der Waals surface area contributed by atoms with Gasteiger partial charge in [0.25, 0.3) is 0 Å². The molecule has 1 fully saturated rings. The van der Waals surface area contributed by atoms with E-state index < -0.39 is 5.97 Å². The molecule has 104 valence electrons. The monoisotopic (exact) mass is 263 g/mol. The molecule has 2 rings (SSSR count). The fourth-order valence-electron chi connectivity index (χ4n) is 2.70. The number of aliphatic hydroxyl groups excluding tert-OH is 1. The minimum absolute atomic E-state index is 0.0354. The lowest BCUT2D eigenvalue weighted by atomic mass is 9.77. The second-order valence-electron chi connectivity index (χ2n) is 5.60. The lowest BCUT2D eigenvalue weighted by Crippen LogP contribution is -2.45. The number of para-hydroxylation sites is 1. The molecule has 0 atom stereocenters. The highest BCUT2D eigenvalue weighted by Gasteiger charge is 2.34. The van der Waals surface area contributed by atoms with Gasteiger partial charge in [-0.05, 0) is 43.7 Å². The first-order valence-corrected chi connectivity index (χ1v) is 6.78. The fraction of sp³-hybridized carbons (Fsp3) is 0.533. The number of aromatic carboxylic acids is 1. The molecule has 4 nitrogen and oxygen atoms in total. The van der Waals surface area contributed by atoms with E-state index in [1.165, 1.54) is 0 Å². The predicted molar refractivity (Wildman–Crippen MR) is 74.5 cm³/mol. The second-order valence-corrected chi connectivity index (χ2v) is 5.60. The predicted octanol–water partition coefficient (Wildman–Crippen LogP) is 2.74. The van der Waals surface area contributed by atoms with Crippen LogP contribution in [0.15, 0.2) is 24.3 Å². The van der Waals surface area contributed by atoms with E-state index in [4.69, 9.17) is 0 Å². The lowest BCUT2D eigenvalue weighted by Gasteiger charge is -2.39. The third-order valence-corrected chi connectivity index (χ3v) is 4.09. The van der Waals surface area contributed by atoms with Gasteiger partial charge >= 0.3 is 5.97 Å². The Kier molecular flexibility index (Phi) is 4.10. The third-order valence-electron chi connectivity index (χ3n) is 4.09. The van der Waals surface area contributed by atoms with Crippen LogP contribution in [0.25, 0.3) is 0 Å². The van der Waals surface area contributed by atoms with Crippen molar-refractivity contribution in [3.8, 4) is 0 Å². The van der Waals surface area contributed by atoms with E-state index in [1.807, 2.05) is 6.07 Å². The van der Waals surface area contributed by atoms with Gasteiger partial charge in [0.05, 0.1) is 17.7 Å². The molecule has 0 bridgehead atoms. The number of aliphatic hydroxyl groups is 1. The zero-order chi connectivity index (χ0) is 13.9. The normalized spacial score (nSPS) is 26.9. The molecule has 19 heavy (non-hydrogen) atoms. The van der Waals surface area contributed by atoms with Gasteiger partial charge in [0, 0.05) is 5.69 Å². The molecule has 1 aromatic rings. The van der Waals surface area contributed by atoms with Crippen LogP contribution in [0.3, 0.4) is 0 Å². The lowest BCUT2D eigenvalue weighted by molar-refractivity contribution is 0.0697. The Morgan fingerprint density at radius 1 is 1.37 bits per heavy atom. The first-order chi connectivity index (χ1) is 9.06. The Morgan fingerprint density at radius 3 is 2.58 bits per heavy atom. The summed E-state index contributed by atoms with van der Waals surface area (Å²) in [5.41, 5.74) is 0.477. The van der Waals surface area contributed by atoms with Crippen molar-refractivity contribution < 1.29 is 15.0 Å². The minimum Gasteiger partial charge on any atom is -0.478 e. The third kappa shape index (κ3) is 3.07. The first kappa shape index (κ1) is 13.9. The number of hydrogen-bond donors (Lipinski definition) is 3. The number of carbonyl (C=O) groups is 1. The molecule has 1 saturated carbocycles. The molecule has 0 amide bonds. The van der Waals surface area contributed by atoms with Crippen molar-refractivity contribution in [1.82, 2.24) is 0 Å². The van der Waals surface area contributed by atoms with E-state index in [0.29, 0.717) is 11.6 Å². The standard InChI is InChI=1S/C15H21NO3/c1-11-6-8-15(10-17,9-7-11)16-13-5-3-2-4-12(13)14(18)19/h2-5,11,16-17H,6-10H2,1H3,(H,18,19). The summed E-state index contributed by atoms with van der Waals surface area (Å²) >= 11 is 0. The highest BCUT2D eigenvalue weighted by Crippen LogP contribution is 2.35. The Balaban J connectivity index is 2.21. The molecular formula is C15H21NO3. The van der Waals surface area contributed by atoms with Crippen LogP contribution in [0.4, 0.5) is 5.69 Å². The highest BCUT2D eigenvalue weighted by atomic mass is 16.4. The number of carboxylic acids is 1. The van der Waals surface area contributed by atoms with Crippen LogP contribution in [-0.2, 0) is 0 Å². The van der Waals surface area contributed by atoms with Crippen molar-refractivity contribution in [1.29, 1.82) is 0 Å². The van der Waals surface area contributed by atoms with Crippen LogP contribution in [0.5, 0.6) is 0 Å². The van der Waals surface area contributed by atoms with Crippen molar-refractivity contribution in [3.05, 3.63) is 29.8 Å². The van der Waals surface area contributed by atoms with Crippen molar-refractivity contribution in [3.63, 3.8) is 0 Å². The van der Waals surface area contributed by atoms with Gasteiger partial charge in [0.2, 0.25) is 0 Å². The first-order valence-electron chi connectivity index (χ1n) is 6.78. The molecule has 0 heterocycles. The van der Waals surface area contributed by atoms with E-state index in [9.17, 15) is 15.0 Å². The molecule has 0 spiro atoms. The SMILES string of the molecule is CC1CCC(CO)(Nc2ccccc2C(=O)O)CC1.